The number of nitrogens with zero attached hydrogens (tertiary/aromatic N) is 1. The van der Waals surface area contributed by atoms with Gasteiger partial charge in [0.15, 0.2) is 6.29 Å². The van der Waals surface area contributed by atoms with Crippen molar-refractivity contribution in [3.05, 3.63) is 155 Å². The van der Waals surface area contributed by atoms with E-state index in [4.69, 9.17) is 9.47 Å². The molecule has 0 unspecified atom stereocenters. The van der Waals surface area contributed by atoms with Crippen LogP contribution in [0.2, 0.25) is 0 Å². The summed E-state index contributed by atoms with van der Waals surface area (Å²) in [6.07, 6.45) is 0.481. The number of sulfonamides is 1. The van der Waals surface area contributed by atoms with Crippen LogP contribution in [0.5, 0.6) is 0 Å². The number of carboxylic acids is 1. The molecule has 1 fully saturated rings. The summed E-state index contributed by atoms with van der Waals surface area (Å²) in [5, 5.41) is 22.5. The number of rotatable bonds is 14. The van der Waals surface area contributed by atoms with Crippen molar-refractivity contribution >= 4 is 39.3 Å². The molecule has 5 aromatic rings. The number of carboxylic acid groups (broad SMARTS) is 1. The number of aliphatic hydroxyl groups excluding tert-OH is 1. The van der Waals surface area contributed by atoms with Gasteiger partial charge >= 0.3 is 5.97 Å². The molecule has 0 radical (unpaired) electrons. The van der Waals surface area contributed by atoms with Crippen molar-refractivity contribution in [1.29, 1.82) is 0 Å². The number of aryl methyl sites for hydroxylation is 1. The number of amides is 1. The highest BCUT2D eigenvalue weighted by Gasteiger charge is 2.33. The molecule has 1 saturated heterocycles. The van der Waals surface area contributed by atoms with Crippen molar-refractivity contribution in [3.63, 3.8) is 0 Å². The third-order valence-electron chi connectivity index (χ3n) is 8.68. The zero-order valence-electron chi connectivity index (χ0n) is 28.8. The number of thioether (sulfide) groups is 1. The minimum atomic E-state index is -4.04. The number of pyridine rings is 1. The molecule has 0 spiro atoms. The maximum Gasteiger partial charge on any atom is 0.338 e. The maximum absolute atomic E-state index is 13.8. The SMILES string of the molecule is Cc1ccc(S(=O)(=O)N[C@H](Cc2ccccc2)C(=O)Nc2cccc([C@@H]3O[C@H](CSc4ncccc4C(=O)O)C[C@H](c4ccc(CO)cc4)O3)c2)cc1. The first kappa shape index (κ1) is 37.9. The van der Waals surface area contributed by atoms with Crippen molar-refractivity contribution in [1.82, 2.24) is 9.71 Å². The lowest BCUT2D eigenvalue weighted by Gasteiger charge is -2.36. The van der Waals surface area contributed by atoms with E-state index in [2.05, 4.69) is 15.0 Å². The van der Waals surface area contributed by atoms with Crippen LogP contribution in [-0.4, -0.2) is 53.4 Å². The highest BCUT2D eigenvalue weighted by molar-refractivity contribution is 7.99. The molecule has 2 heterocycles. The second kappa shape index (κ2) is 17.3. The van der Waals surface area contributed by atoms with Crippen LogP contribution in [-0.2, 0) is 37.3 Å². The number of hydrogen-bond acceptors (Lipinski definition) is 9. The van der Waals surface area contributed by atoms with E-state index in [9.17, 15) is 28.2 Å². The van der Waals surface area contributed by atoms with Crippen molar-refractivity contribution in [3.8, 4) is 0 Å². The van der Waals surface area contributed by atoms with Crippen molar-refractivity contribution in [2.45, 2.75) is 60.8 Å². The molecular formula is C40H39N3O8S2. The number of aromatic nitrogens is 1. The van der Waals surface area contributed by atoms with Crippen LogP contribution in [0.15, 0.2) is 131 Å². The van der Waals surface area contributed by atoms with E-state index in [0.717, 1.165) is 22.3 Å². The van der Waals surface area contributed by atoms with Crippen molar-refractivity contribution in [2.24, 2.45) is 0 Å². The molecule has 4 aromatic carbocycles. The summed E-state index contributed by atoms with van der Waals surface area (Å²) in [7, 11) is -4.04. The maximum atomic E-state index is 13.8. The zero-order chi connectivity index (χ0) is 37.4. The zero-order valence-corrected chi connectivity index (χ0v) is 30.4. The number of ether oxygens (including phenoxy) is 2. The van der Waals surface area contributed by atoms with Crippen LogP contribution in [0.1, 0.15) is 57.0 Å². The third kappa shape index (κ3) is 9.96. The molecule has 0 aliphatic carbocycles. The van der Waals surface area contributed by atoms with Crippen LogP contribution >= 0.6 is 11.8 Å². The molecular weight excluding hydrogens is 715 g/mol. The number of carbonyl (C=O) groups is 2. The molecule has 13 heteroatoms. The van der Waals surface area contributed by atoms with Crippen LogP contribution in [0.25, 0.3) is 0 Å². The van der Waals surface area contributed by atoms with Gasteiger partial charge in [0.2, 0.25) is 15.9 Å². The van der Waals surface area contributed by atoms with Gasteiger partial charge < -0.3 is 25.0 Å². The summed E-state index contributed by atoms with van der Waals surface area (Å²) >= 11 is 1.28. The molecule has 4 N–H and O–H groups in total. The number of anilines is 1. The topological polar surface area (TPSA) is 164 Å². The Balaban J connectivity index is 1.23. The van der Waals surface area contributed by atoms with Gasteiger partial charge in [-0.25, -0.2) is 18.2 Å². The van der Waals surface area contributed by atoms with Crippen LogP contribution in [0, 0.1) is 6.92 Å². The van der Waals surface area contributed by atoms with E-state index in [1.54, 1.807) is 42.6 Å². The van der Waals surface area contributed by atoms with Gasteiger partial charge in [0.1, 0.15) is 11.1 Å². The van der Waals surface area contributed by atoms with Crippen LogP contribution in [0.4, 0.5) is 5.69 Å². The Morgan fingerprint density at radius 3 is 2.36 bits per heavy atom. The summed E-state index contributed by atoms with van der Waals surface area (Å²) in [4.78, 5) is 30.0. The van der Waals surface area contributed by atoms with E-state index >= 15 is 0 Å². The fraction of sp³-hybridized carbons (Fsp3) is 0.225. The molecule has 274 valence electrons. The molecule has 1 aliphatic rings. The quantitative estimate of drug-likeness (QED) is 0.0928. The van der Waals surface area contributed by atoms with Gasteiger partial charge in [-0.05, 0) is 66.4 Å². The summed E-state index contributed by atoms with van der Waals surface area (Å²) in [5.41, 5.74) is 4.45. The summed E-state index contributed by atoms with van der Waals surface area (Å²) in [5.74, 6) is -1.23. The lowest BCUT2D eigenvalue weighted by molar-refractivity contribution is -0.245. The van der Waals surface area contributed by atoms with E-state index < -0.39 is 40.3 Å². The summed E-state index contributed by atoms with van der Waals surface area (Å²) in [6.45, 7) is 1.77. The first-order chi connectivity index (χ1) is 25.6. The second-order valence-corrected chi connectivity index (χ2v) is 15.3. The number of nitrogens with one attached hydrogen (secondary N) is 2. The lowest BCUT2D eigenvalue weighted by Crippen LogP contribution is -2.45. The minimum absolute atomic E-state index is 0.0538. The smallest absolute Gasteiger partial charge is 0.338 e. The van der Waals surface area contributed by atoms with Crippen LogP contribution in [0.3, 0.4) is 0 Å². The first-order valence-electron chi connectivity index (χ1n) is 16.9. The molecule has 4 atom stereocenters. The van der Waals surface area contributed by atoms with Gasteiger partial charge in [-0.2, -0.15) is 4.72 Å². The summed E-state index contributed by atoms with van der Waals surface area (Å²) in [6, 6.07) is 31.9. The van der Waals surface area contributed by atoms with E-state index in [-0.39, 0.29) is 29.6 Å². The lowest BCUT2D eigenvalue weighted by atomic mass is 10.0. The number of carbonyl (C=O) groups excluding carboxylic acids is 1. The predicted molar refractivity (Wildman–Crippen MR) is 201 cm³/mol. The third-order valence-corrected chi connectivity index (χ3v) is 11.3. The summed E-state index contributed by atoms with van der Waals surface area (Å²) < 4.78 is 42.3. The average Bonchev–Trinajstić information content (AvgIpc) is 3.17. The van der Waals surface area contributed by atoms with Crippen molar-refractivity contribution in [2.75, 3.05) is 11.1 Å². The number of aliphatic hydroxyl groups is 1. The second-order valence-electron chi connectivity index (χ2n) is 12.6. The largest absolute Gasteiger partial charge is 0.478 e. The Hall–Kier alpha value is -4.89. The van der Waals surface area contributed by atoms with E-state index in [1.165, 1.54) is 30.0 Å². The fourth-order valence-electron chi connectivity index (χ4n) is 5.87. The Kier molecular flexibility index (Phi) is 12.3. The molecule has 11 nitrogen and oxygen atoms in total. The fourth-order valence-corrected chi connectivity index (χ4v) is 8.07. The molecule has 1 amide bonds. The molecule has 0 bridgehead atoms. The minimum Gasteiger partial charge on any atom is -0.478 e. The predicted octanol–water partition coefficient (Wildman–Crippen LogP) is 6.45. The Morgan fingerprint density at radius 1 is 0.887 bits per heavy atom. The first-order valence-corrected chi connectivity index (χ1v) is 19.4. The average molecular weight is 754 g/mol. The normalized spacial score (nSPS) is 17.9. The van der Waals surface area contributed by atoms with E-state index in [0.29, 0.717) is 28.5 Å². The Morgan fingerprint density at radius 2 is 1.64 bits per heavy atom. The molecule has 1 aromatic heterocycles. The van der Waals surface area contributed by atoms with Gasteiger partial charge in [0, 0.05) is 29.6 Å². The van der Waals surface area contributed by atoms with Gasteiger partial charge in [-0.3, -0.25) is 4.79 Å². The van der Waals surface area contributed by atoms with Gasteiger partial charge in [0.25, 0.3) is 0 Å². The monoisotopic (exact) mass is 753 g/mol. The molecule has 1 aliphatic heterocycles. The molecule has 0 saturated carbocycles. The van der Waals surface area contributed by atoms with Crippen molar-refractivity contribution < 1.29 is 37.7 Å². The van der Waals surface area contributed by atoms with E-state index in [1.807, 2.05) is 67.6 Å². The molecule has 6 rings (SSSR count). The number of benzene rings is 4. The Bertz CT molecular complexity index is 2130. The number of aromatic carboxylic acids is 1. The van der Waals surface area contributed by atoms with Crippen LogP contribution < -0.4 is 10.0 Å². The Labute approximate surface area is 312 Å². The number of hydrogen-bond donors (Lipinski definition) is 4. The van der Waals surface area contributed by atoms with Gasteiger partial charge in [-0.15, -0.1) is 11.8 Å². The molecule has 53 heavy (non-hydrogen) atoms. The highest BCUT2D eigenvalue weighted by Crippen LogP contribution is 2.40. The standard InChI is InChI=1S/C40H39N3O8S2/c1-26-12-18-33(19-13-26)53(48,49)43-35(21-27-7-3-2-4-8-27)37(45)42-31-10-5-9-30(22-31)40-50-32(25-52-38-34(39(46)47)11-6-20-41-38)23-36(51-40)29-16-14-28(24-44)15-17-29/h2-20,22,32,35-36,40,43-44H,21,23-25H2,1H3,(H,42,45)(H,46,47)/t32-,35+,36+,40+/m0/s1. The van der Waals surface area contributed by atoms with Gasteiger partial charge in [-0.1, -0.05) is 84.4 Å². The highest BCUT2D eigenvalue weighted by atomic mass is 32.2. The van der Waals surface area contributed by atoms with Gasteiger partial charge in [0.05, 0.1) is 29.3 Å².